The molecule has 0 unspecified atom stereocenters. The maximum absolute atomic E-state index is 10.3. The minimum atomic E-state index is -0.910. The number of rotatable bonds is 3. The average molecular weight is 170 g/mol. The van der Waals surface area contributed by atoms with Crippen LogP contribution >= 0.6 is 0 Å². The van der Waals surface area contributed by atoms with E-state index in [1.54, 1.807) is 11.6 Å². The predicted molar refractivity (Wildman–Crippen MR) is 41.1 cm³/mol. The molecule has 0 atom stereocenters. The molecule has 1 aromatic rings. The molecule has 66 valence electrons. The van der Waals surface area contributed by atoms with Gasteiger partial charge in [-0.15, -0.1) is 0 Å². The van der Waals surface area contributed by atoms with Crippen LogP contribution in [0.5, 0.6) is 5.88 Å². The third-order valence-corrected chi connectivity index (χ3v) is 1.47. The molecule has 0 radical (unpaired) electrons. The Labute approximate surface area is 69.6 Å². The Hall–Kier alpha value is -1.52. The van der Waals surface area contributed by atoms with Gasteiger partial charge in [0, 0.05) is 7.05 Å². The van der Waals surface area contributed by atoms with Crippen molar-refractivity contribution in [1.29, 1.82) is 0 Å². The standard InChI is InChI=1S/C7H10N2O3/c1-9-4-8-5(3-6(10)11)7(9)12-2/h4H,3H2,1-2H3,(H,10,11). The van der Waals surface area contributed by atoms with Crippen LogP contribution in [-0.4, -0.2) is 27.7 Å². The molecule has 1 N–H and O–H groups in total. The molecule has 0 saturated carbocycles. The van der Waals surface area contributed by atoms with Gasteiger partial charge in [0.1, 0.15) is 5.69 Å². The molecular weight excluding hydrogens is 160 g/mol. The molecule has 0 aliphatic carbocycles. The number of imidazole rings is 1. The van der Waals surface area contributed by atoms with Crippen LogP contribution in [0, 0.1) is 0 Å². The van der Waals surface area contributed by atoms with Crippen molar-refractivity contribution < 1.29 is 14.6 Å². The molecule has 5 heteroatoms. The van der Waals surface area contributed by atoms with Gasteiger partial charge in [0.2, 0.25) is 5.88 Å². The van der Waals surface area contributed by atoms with Gasteiger partial charge in [-0.3, -0.25) is 4.79 Å². The SMILES string of the molecule is COc1c(CC(=O)O)ncn1C. The molecule has 0 aliphatic rings. The molecule has 1 aromatic heterocycles. The number of nitrogens with zero attached hydrogens (tertiary/aromatic N) is 2. The summed E-state index contributed by atoms with van der Waals surface area (Å²) in [7, 11) is 3.24. The lowest BCUT2D eigenvalue weighted by Gasteiger charge is -2.01. The Balaban J connectivity index is 2.91. The molecular formula is C7H10N2O3. The second kappa shape index (κ2) is 3.25. The lowest BCUT2D eigenvalue weighted by Crippen LogP contribution is -2.03. The Morgan fingerprint density at radius 3 is 3.00 bits per heavy atom. The highest BCUT2D eigenvalue weighted by Crippen LogP contribution is 2.15. The van der Waals surface area contributed by atoms with Crippen molar-refractivity contribution in [3.63, 3.8) is 0 Å². The van der Waals surface area contributed by atoms with E-state index < -0.39 is 5.97 Å². The van der Waals surface area contributed by atoms with Gasteiger partial charge in [-0.05, 0) is 0 Å². The van der Waals surface area contributed by atoms with Gasteiger partial charge in [0.15, 0.2) is 0 Å². The summed E-state index contributed by atoms with van der Waals surface area (Å²) >= 11 is 0. The number of aromatic nitrogens is 2. The minimum Gasteiger partial charge on any atom is -0.481 e. The van der Waals surface area contributed by atoms with Crippen LogP contribution in [0.25, 0.3) is 0 Å². The van der Waals surface area contributed by atoms with E-state index in [4.69, 9.17) is 9.84 Å². The third-order valence-electron chi connectivity index (χ3n) is 1.47. The Morgan fingerprint density at radius 1 is 1.83 bits per heavy atom. The molecule has 0 amide bonds. The first-order chi connectivity index (χ1) is 5.65. The second-order valence-corrected chi connectivity index (χ2v) is 2.38. The molecule has 0 aromatic carbocycles. The number of methoxy groups -OCH3 is 1. The molecule has 5 nitrogen and oxygen atoms in total. The van der Waals surface area contributed by atoms with E-state index in [1.165, 1.54) is 13.4 Å². The fourth-order valence-corrected chi connectivity index (χ4v) is 0.994. The maximum Gasteiger partial charge on any atom is 0.309 e. The number of ether oxygens (including phenoxy) is 1. The van der Waals surface area contributed by atoms with Gasteiger partial charge in [-0.1, -0.05) is 0 Å². The molecule has 0 bridgehead atoms. The highest BCUT2D eigenvalue weighted by molar-refractivity contribution is 5.70. The number of carboxylic acid groups (broad SMARTS) is 1. The molecule has 0 spiro atoms. The molecule has 12 heavy (non-hydrogen) atoms. The maximum atomic E-state index is 10.3. The first-order valence-corrected chi connectivity index (χ1v) is 3.41. The summed E-state index contributed by atoms with van der Waals surface area (Å²) < 4.78 is 6.59. The van der Waals surface area contributed by atoms with Crippen molar-refractivity contribution in [1.82, 2.24) is 9.55 Å². The van der Waals surface area contributed by atoms with E-state index in [0.717, 1.165) is 0 Å². The van der Waals surface area contributed by atoms with Crippen molar-refractivity contribution in [2.24, 2.45) is 7.05 Å². The van der Waals surface area contributed by atoms with Gasteiger partial charge in [0.05, 0.1) is 19.9 Å². The molecule has 0 aliphatic heterocycles. The largest absolute Gasteiger partial charge is 0.481 e. The number of aliphatic carboxylic acids is 1. The van der Waals surface area contributed by atoms with Gasteiger partial charge in [-0.2, -0.15) is 0 Å². The van der Waals surface area contributed by atoms with Crippen LogP contribution in [0.2, 0.25) is 0 Å². The van der Waals surface area contributed by atoms with Crippen molar-refractivity contribution >= 4 is 5.97 Å². The van der Waals surface area contributed by atoms with Crippen LogP contribution in [0.3, 0.4) is 0 Å². The van der Waals surface area contributed by atoms with Crippen LogP contribution in [-0.2, 0) is 18.3 Å². The topological polar surface area (TPSA) is 64.3 Å². The number of aryl methyl sites for hydroxylation is 1. The first-order valence-electron chi connectivity index (χ1n) is 3.41. The first kappa shape index (κ1) is 8.58. The quantitative estimate of drug-likeness (QED) is 0.696. The van der Waals surface area contributed by atoms with Gasteiger partial charge >= 0.3 is 5.97 Å². The Morgan fingerprint density at radius 2 is 2.50 bits per heavy atom. The van der Waals surface area contributed by atoms with Gasteiger partial charge in [0.25, 0.3) is 0 Å². The van der Waals surface area contributed by atoms with Crippen molar-refractivity contribution in [2.45, 2.75) is 6.42 Å². The van der Waals surface area contributed by atoms with E-state index in [9.17, 15) is 4.79 Å². The normalized spacial score (nSPS) is 9.83. The molecule has 0 fully saturated rings. The summed E-state index contributed by atoms with van der Waals surface area (Å²) in [5, 5.41) is 8.49. The fraction of sp³-hybridized carbons (Fsp3) is 0.429. The smallest absolute Gasteiger partial charge is 0.309 e. The predicted octanol–water partition coefficient (Wildman–Crippen LogP) is 0.0558. The molecule has 1 rings (SSSR count). The number of hydrogen-bond donors (Lipinski definition) is 1. The number of hydrogen-bond acceptors (Lipinski definition) is 3. The highest BCUT2D eigenvalue weighted by atomic mass is 16.5. The van der Waals surface area contributed by atoms with Crippen molar-refractivity contribution in [2.75, 3.05) is 7.11 Å². The van der Waals surface area contributed by atoms with Crippen LogP contribution in [0.15, 0.2) is 6.33 Å². The van der Waals surface area contributed by atoms with Crippen molar-refractivity contribution in [3.05, 3.63) is 12.0 Å². The van der Waals surface area contributed by atoms with E-state index in [-0.39, 0.29) is 6.42 Å². The minimum absolute atomic E-state index is 0.107. The molecule has 0 saturated heterocycles. The summed E-state index contributed by atoms with van der Waals surface area (Å²) in [6.07, 6.45) is 1.42. The summed E-state index contributed by atoms with van der Waals surface area (Å²) in [6.45, 7) is 0. The lowest BCUT2D eigenvalue weighted by atomic mass is 10.3. The zero-order valence-electron chi connectivity index (χ0n) is 6.94. The Bertz CT molecular complexity index is 293. The third kappa shape index (κ3) is 1.55. The summed E-state index contributed by atoms with van der Waals surface area (Å²) in [4.78, 5) is 14.2. The van der Waals surface area contributed by atoms with Crippen molar-refractivity contribution in [3.8, 4) is 5.88 Å². The second-order valence-electron chi connectivity index (χ2n) is 2.38. The zero-order chi connectivity index (χ0) is 9.14. The highest BCUT2D eigenvalue weighted by Gasteiger charge is 2.11. The van der Waals surface area contributed by atoms with E-state index in [0.29, 0.717) is 11.6 Å². The number of carbonyl (C=O) groups is 1. The summed E-state index contributed by atoms with van der Waals surface area (Å²) in [5.74, 6) is -0.413. The Kier molecular flexibility index (Phi) is 2.32. The van der Waals surface area contributed by atoms with Gasteiger partial charge in [-0.25, -0.2) is 4.98 Å². The monoisotopic (exact) mass is 170 g/mol. The van der Waals surface area contributed by atoms with Gasteiger partial charge < -0.3 is 14.4 Å². The van der Waals surface area contributed by atoms with E-state index in [2.05, 4.69) is 4.98 Å². The van der Waals surface area contributed by atoms with Crippen LogP contribution in [0.4, 0.5) is 0 Å². The number of carboxylic acids is 1. The molecule has 1 heterocycles. The van der Waals surface area contributed by atoms with E-state index in [1.807, 2.05) is 0 Å². The summed E-state index contributed by atoms with van der Waals surface area (Å²) in [6, 6.07) is 0. The zero-order valence-corrected chi connectivity index (χ0v) is 6.94. The average Bonchev–Trinajstić information content (AvgIpc) is 2.30. The fourth-order valence-electron chi connectivity index (χ4n) is 0.994. The van der Waals surface area contributed by atoms with Crippen LogP contribution in [0.1, 0.15) is 5.69 Å². The van der Waals surface area contributed by atoms with Crippen LogP contribution < -0.4 is 4.74 Å². The van der Waals surface area contributed by atoms with E-state index >= 15 is 0 Å². The lowest BCUT2D eigenvalue weighted by molar-refractivity contribution is -0.136. The summed E-state index contributed by atoms with van der Waals surface area (Å²) in [5.41, 5.74) is 0.451.